The summed E-state index contributed by atoms with van der Waals surface area (Å²) in [5, 5.41) is 4.61. The lowest BCUT2D eigenvalue weighted by molar-refractivity contribution is 1.00. The number of nitrogens with zero attached hydrogens (tertiary/aromatic N) is 1. The van der Waals surface area contributed by atoms with Gasteiger partial charge in [-0.2, -0.15) is 0 Å². The fourth-order valence-corrected chi connectivity index (χ4v) is 2.45. The van der Waals surface area contributed by atoms with Gasteiger partial charge in [-0.15, -0.1) is 0 Å². The van der Waals surface area contributed by atoms with Crippen LogP contribution in [0.15, 0.2) is 41.0 Å². The van der Waals surface area contributed by atoms with Gasteiger partial charge >= 0.3 is 0 Å². The zero-order valence-corrected chi connectivity index (χ0v) is 12.6. The lowest BCUT2D eigenvalue weighted by atomic mass is 10.1. The lowest BCUT2D eigenvalue weighted by Crippen LogP contribution is -2.07. The molecule has 0 aliphatic heterocycles. The number of hydrogen-bond acceptors (Lipinski definition) is 2. The van der Waals surface area contributed by atoms with E-state index < -0.39 is 0 Å². The molecule has 0 unspecified atom stereocenters. The third-order valence-corrected chi connectivity index (χ3v) is 3.69. The van der Waals surface area contributed by atoms with Gasteiger partial charge in [-0.25, -0.2) is 4.98 Å². The Morgan fingerprint density at radius 1 is 1.22 bits per heavy atom. The third kappa shape index (κ3) is 3.61. The molecule has 0 fully saturated rings. The molecule has 0 atom stereocenters. The number of benzene rings is 1. The Balaban J connectivity index is 1.95. The number of anilines is 1. The van der Waals surface area contributed by atoms with E-state index in [1.807, 2.05) is 24.3 Å². The number of halogens is 3. The van der Waals surface area contributed by atoms with Crippen LogP contribution in [0.3, 0.4) is 0 Å². The average molecular weight is 346 g/mol. The summed E-state index contributed by atoms with van der Waals surface area (Å²) >= 11 is 15.4. The summed E-state index contributed by atoms with van der Waals surface area (Å²) in [4.78, 5) is 4.23. The Morgan fingerprint density at radius 2 is 2.06 bits per heavy atom. The van der Waals surface area contributed by atoms with Gasteiger partial charge in [-0.3, -0.25) is 0 Å². The van der Waals surface area contributed by atoms with Crippen LogP contribution in [-0.2, 0) is 6.42 Å². The Kier molecular flexibility index (Phi) is 4.87. The molecule has 2 nitrogen and oxygen atoms in total. The molecule has 0 saturated heterocycles. The van der Waals surface area contributed by atoms with Crippen LogP contribution < -0.4 is 5.32 Å². The minimum atomic E-state index is 0.657. The van der Waals surface area contributed by atoms with Crippen LogP contribution in [0.25, 0.3) is 0 Å². The number of hydrogen-bond donors (Lipinski definition) is 1. The molecule has 0 bridgehead atoms. The molecule has 2 aromatic rings. The smallest absolute Gasteiger partial charge is 0.140 e. The molecule has 0 aliphatic carbocycles. The van der Waals surface area contributed by atoms with Crippen LogP contribution in [-0.4, -0.2) is 11.5 Å². The summed E-state index contributed by atoms with van der Waals surface area (Å²) in [6.07, 6.45) is 2.57. The van der Waals surface area contributed by atoms with Gasteiger partial charge < -0.3 is 5.32 Å². The maximum Gasteiger partial charge on any atom is 0.140 e. The zero-order chi connectivity index (χ0) is 13.0. The van der Waals surface area contributed by atoms with Gasteiger partial charge in [-0.05, 0) is 52.2 Å². The van der Waals surface area contributed by atoms with E-state index >= 15 is 0 Å². The van der Waals surface area contributed by atoms with Crippen molar-refractivity contribution in [1.82, 2.24) is 4.98 Å². The van der Waals surface area contributed by atoms with Crippen LogP contribution in [0, 0.1) is 0 Å². The summed E-state index contributed by atoms with van der Waals surface area (Å²) in [7, 11) is 0. The fourth-order valence-electron chi connectivity index (χ4n) is 1.56. The first kappa shape index (κ1) is 13.7. The SMILES string of the molecule is Clc1ccc(CCNc2ncccc2Br)c(Cl)c1. The first-order chi connectivity index (χ1) is 8.66. The molecule has 18 heavy (non-hydrogen) atoms. The van der Waals surface area contributed by atoms with Crippen molar-refractivity contribution >= 4 is 44.9 Å². The molecule has 0 aliphatic rings. The third-order valence-electron chi connectivity index (χ3n) is 2.46. The monoisotopic (exact) mass is 344 g/mol. The lowest BCUT2D eigenvalue weighted by Gasteiger charge is -2.08. The highest BCUT2D eigenvalue weighted by Crippen LogP contribution is 2.22. The van der Waals surface area contributed by atoms with E-state index in [1.165, 1.54) is 0 Å². The molecule has 0 amide bonds. The van der Waals surface area contributed by atoms with Crippen molar-refractivity contribution in [3.8, 4) is 0 Å². The van der Waals surface area contributed by atoms with Crippen LogP contribution in [0.1, 0.15) is 5.56 Å². The van der Waals surface area contributed by atoms with Gasteiger partial charge in [0.05, 0.1) is 4.47 Å². The predicted octanol–water partition coefficient (Wildman–Crippen LogP) is 4.81. The van der Waals surface area contributed by atoms with Gasteiger partial charge in [-0.1, -0.05) is 29.3 Å². The second-order valence-electron chi connectivity index (χ2n) is 3.75. The van der Waals surface area contributed by atoms with E-state index in [1.54, 1.807) is 12.3 Å². The van der Waals surface area contributed by atoms with E-state index in [0.29, 0.717) is 10.0 Å². The number of rotatable bonds is 4. The van der Waals surface area contributed by atoms with Gasteiger partial charge in [0.25, 0.3) is 0 Å². The van der Waals surface area contributed by atoms with E-state index in [2.05, 4.69) is 26.2 Å². The van der Waals surface area contributed by atoms with Gasteiger partial charge in [0.1, 0.15) is 5.82 Å². The van der Waals surface area contributed by atoms with Crippen molar-refractivity contribution in [3.63, 3.8) is 0 Å². The van der Waals surface area contributed by atoms with E-state index in [0.717, 1.165) is 28.8 Å². The quantitative estimate of drug-likeness (QED) is 0.860. The van der Waals surface area contributed by atoms with Crippen molar-refractivity contribution in [3.05, 3.63) is 56.6 Å². The second kappa shape index (κ2) is 6.41. The minimum absolute atomic E-state index is 0.657. The average Bonchev–Trinajstić information content (AvgIpc) is 2.34. The Hall–Kier alpha value is -0.770. The number of aromatic nitrogens is 1. The molecule has 1 aromatic heterocycles. The van der Waals surface area contributed by atoms with Crippen LogP contribution >= 0.6 is 39.1 Å². The Bertz CT molecular complexity index is 546. The molecule has 1 heterocycles. The molecular weight excluding hydrogens is 335 g/mol. The number of pyridine rings is 1. The van der Waals surface area contributed by atoms with Crippen molar-refractivity contribution < 1.29 is 0 Å². The maximum absolute atomic E-state index is 6.11. The normalized spacial score (nSPS) is 10.4. The first-order valence-corrected chi connectivity index (χ1v) is 7.00. The number of nitrogens with one attached hydrogen (secondary N) is 1. The van der Waals surface area contributed by atoms with Crippen LogP contribution in [0.5, 0.6) is 0 Å². The molecule has 94 valence electrons. The van der Waals surface area contributed by atoms with Crippen molar-refractivity contribution in [2.45, 2.75) is 6.42 Å². The van der Waals surface area contributed by atoms with E-state index in [-0.39, 0.29) is 0 Å². The Morgan fingerprint density at radius 3 is 2.78 bits per heavy atom. The fraction of sp³-hybridized carbons (Fsp3) is 0.154. The molecule has 0 saturated carbocycles. The highest BCUT2D eigenvalue weighted by atomic mass is 79.9. The molecular formula is C13H11BrCl2N2. The summed E-state index contributed by atoms with van der Waals surface area (Å²) in [5.41, 5.74) is 1.07. The highest BCUT2D eigenvalue weighted by Gasteiger charge is 2.02. The van der Waals surface area contributed by atoms with Crippen LogP contribution in [0.4, 0.5) is 5.82 Å². The van der Waals surface area contributed by atoms with Gasteiger partial charge in [0, 0.05) is 22.8 Å². The zero-order valence-electron chi connectivity index (χ0n) is 9.46. The standard InChI is InChI=1S/C13H11BrCl2N2/c14-11-2-1-6-17-13(11)18-7-5-9-3-4-10(15)8-12(9)16/h1-4,6,8H,5,7H2,(H,17,18). The van der Waals surface area contributed by atoms with E-state index in [9.17, 15) is 0 Å². The summed E-state index contributed by atoms with van der Waals surface area (Å²) in [5.74, 6) is 0.836. The topological polar surface area (TPSA) is 24.9 Å². The molecule has 1 N–H and O–H groups in total. The predicted molar refractivity (Wildman–Crippen MR) is 80.6 cm³/mol. The minimum Gasteiger partial charge on any atom is -0.369 e. The molecule has 1 aromatic carbocycles. The Labute approximate surface area is 124 Å². The highest BCUT2D eigenvalue weighted by molar-refractivity contribution is 9.10. The summed E-state index contributed by atoms with van der Waals surface area (Å²) < 4.78 is 0.951. The van der Waals surface area contributed by atoms with Crippen LogP contribution in [0.2, 0.25) is 10.0 Å². The maximum atomic E-state index is 6.11. The largest absolute Gasteiger partial charge is 0.369 e. The molecule has 0 radical (unpaired) electrons. The summed E-state index contributed by atoms with van der Waals surface area (Å²) in [6, 6.07) is 9.38. The summed E-state index contributed by atoms with van der Waals surface area (Å²) in [6.45, 7) is 0.761. The van der Waals surface area contributed by atoms with Crippen molar-refractivity contribution in [2.24, 2.45) is 0 Å². The van der Waals surface area contributed by atoms with Gasteiger partial charge in [0.2, 0.25) is 0 Å². The second-order valence-corrected chi connectivity index (χ2v) is 5.44. The van der Waals surface area contributed by atoms with E-state index in [4.69, 9.17) is 23.2 Å². The van der Waals surface area contributed by atoms with Crippen molar-refractivity contribution in [1.29, 1.82) is 0 Å². The molecule has 2 rings (SSSR count). The van der Waals surface area contributed by atoms with Gasteiger partial charge in [0.15, 0.2) is 0 Å². The molecule has 5 heteroatoms. The first-order valence-electron chi connectivity index (χ1n) is 5.45. The molecule has 0 spiro atoms. The van der Waals surface area contributed by atoms with Crippen molar-refractivity contribution in [2.75, 3.05) is 11.9 Å².